The lowest BCUT2D eigenvalue weighted by atomic mass is 10.0. The summed E-state index contributed by atoms with van der Waals surface area (Å²) < 4.78 is 0. The predicted molar refractivity (Wildman–Crippen MR) is 86.5 cm³/mol. The van der Waals surface area contributed by atoms with Crippen LogP contribution < -0.4 is 5.32 Å². The van der Waals surface area contributed by atoms with Gasteiger partial charge in [0.25, 0.3) is 0 Å². The first-order valence-electron chi connectivity index (χ1n) is 8.58. The van der Waals surface area contributed by atoms with Gasteiger partial charge in [0.15, 0.2) is 0 Å². The standard InChI is InChI=1S/C17H33NO3/c1-2-3-4-8-11-16(15-19)14-18-13-10-7-5-6-9-12-17(20)21/h15-16,18H,2-14H2,1H3,(H,20,21). The highest BCUT2D eigenvalue weighted by molar-refractivity contribution is 5.66. The van der Waals surface area contributed by atoms with E-state index >= 15 is 0 Å². The van der Waals surface area contributed by atoms with Gasteiger partial charge in [-0.05, 0) is 25.8 Å². The van der Waals surface area contributed by atoms with E-state index < -0.39 is 5.97 Å². The van der Waals surface area contributed by atoms with Crippen LogP contribution in [0, 0.1) is 5.92 Å². The molecule has 0 fully saturated rings. The molecule has 0 aliphatic rings. The largest absolute Gasteiger partial charge is 0.481 e. The molecule has 0 aromatic rings. The maximum Gasteiger partial charge on any atom is 0.303 e. The van der Waals surface area contributed by atoms with Gasteiger partial charge in [-0.2, -0.15) is 0 Å². The molecule has 124 valence electrons. The van der Waals surface area contributed by atoms with Crippen LogP contribution in [0.2, 0.25) is 0 Å². The third-order valence-electron chi connectivity index (χ3n) is 3.77. The second kappa shape index (κ2) is 15.5. The average molecular weight is 299 g/mol. The Hall–Kier alpha value is -0.900. The molecule has 0 aliphatic carbocycles. The number of aldehydes is 1. The number of carbonyl (C=O) groups is 2. The first-order valence-corrected chi connectivity index (χ1v) is 8.58. The van der Waals surface area contributed by atoms with Crippen LogP contribution in [0.5, 0.6) is 0 Å². The van der Waals surface area contributed by atoms with Gasteiger partial charge in [-0.3, -0.25) is 4.79 Å². The van der Waals surface area contributed by atoms with Crippen LogP contribution in [0.15, 0.2) is 0 Å². The Balaban J connectivity index is 3.31. The first kappa shape index (κ1) is 20.1. The smallest absolute Gasteiger partial charge is 0.303 e. The zero-order valence-electron chi connectivity index (χ0n) is 13.6. The molecule has 0 radical (unpaired) electrons. The molecule has 0 spiro atoms. The molecule has 1 atom stereocenters. The lowest BCUT2D eigenvalue weighted by Crippen LogP contribution is -2.24. The summed E-state index contributed by atoms with van der Waals surface area (Å²) in [5, 5.41) is 11.9. The topological polar surface area (TPSA) is 66.4 Å². The second-order valence-corrected chi connectivity index (χ2v) is 5.86. The Kier molecular flexibility index (Phi) is 14.8. The number of unbranched alkanes of at least 4 members (excludes halogenated alkanes) is 7. The van der Waals surface area contributed by atoms with Gasteiger partial charge in [0.05, 0.1) is 0 Å². The fraction of sp³-hybridized carbons (Fsp3) is 0.882. The summed E-state index contributed by atoms with van der Waals surface area (Å²) in [6, 6.07) is 0. The molecule has 0 aromatic heterocycles. The molecule has 0 aliphatic heterocycles. The van der Waals surface area contributed by atoms with E-state index in [9.17, 15) is 9.59 Å². The van der Waals surface area contributed by atoms with Crippen LogP contribution in [0.3, 0.4) is 0 Å². The molecule has 0 saturated carbocycles. The summed E-state index contributed by atoms with van der Waals surface area (Å²) in [7, 11) is 0. The van der Waals surface area contributed by atoms with Crippen molar-refractivity contribution in [2.24, 2.45) is 5.92 Å². The van der Waals surface area contributed by atoms with Crippen LogP contribution >= 0.6 is 0 Å². The van der Waals surface area contributed by atoms with Crippen LogP contribution in [-0.4, -0.2) is 30.5 Å². The van der Waals surface area contributed by atoms with Crippen molar-refractivity contribution >= 4 is 12.3 Å². The number of carbonyl (C=O) groups excluding carboxylic acids is 1. The van der Waals surface area contributed by atoms with E-state index in [0.717, 1.165) is 64.3 Å². The molecular weight excluding hydrogens is 266 g/mol. The highest BCUT2D eigenvalue weighted by atomic mass is 16.4. The Morgan fingerprint density at radius 2 is 1.71 bits per heavy atom. The molecule has 0 heterocycles. The van der Waals surface area contributed by atoms with Gasteiger partial charge >= 0.3 is 5.97 Å². The molecular formula is C17H33NO3. The van der Waals surface area contributed by atoms with Gasteiger partial charge in [0, 0.05) is 18.9 Å². The number of nitrogens with one attached hydrogen (secondary N) is 1. The molecule has 0 rings (SSSR count). The van der Waals surface area contributed by atoms with Crippen LogP contribution in [0.25, 0.3) is 0 Å². The molecule has 21 heavy (non-hydrogen) atoms. The summed E-state index contributed by atoms with van der Waals surface area (Å²) in [5.74, 6) is -0.534. The van der Waals surface area contributed by atoms with E-state index in [4.69, 9.17) is 5.11 Å². The van der Waals surface area contributed by atoms with Gasteiger partial charge in [-0.1, -0.05) is 51.9 Å². The highest BCUT2D eigenvalue weighted by Gasteiger charge is 2.06. The summed E-state index contributed by atoms with van der Waals surface area (Å²) in [5.41, 5.74) is 0. The lowest BCUT2D eigenvalue weighted by Gasteiger charge is -2.11. The monoisotopic (exact) mass is 299 g/mol. The number of hydrogen-bond donors (Lipinski definition) is 2. The van der Waals surface area contributed by atoms with E-state index in [2.05, 4.69) is 12.2 Å². The fourth-order valence-corrected chi connectivity index (χ4v) is 2.40. The minimum absolute atomic E-state index is 0.164. The summed E-state index contributed by atoms with van der Waals surface area (Å²) >= 11 is 0. The van der Waals surface area contributed by atoms with E-state index in [1.807, 2.05) is 0 Å². The maximum atomic E-state index is 11.0. The summed E-state index contributed by atoms with van der Waals surface area (Å²) in [6.45, 7) is 3.95. The number of carboxylic acid groups (broad SMARTS) is 1. The summed E-state index contributed by atoms with van der Waals surface area (Å²) in [6.07, 6.45) is 12.4. The van der Waals surface area contributed by atoms with Gasteiger partial charge in [-0.15, -0.1) is 0 Å². The van der Waals surface area contributed by atoms with Crippen molar-refractivity contribution in [2.45, 2.75) is 77.6 Å². The average Bonchev–Trinajstić information content (AvgIpc) is 2.47. The van der Waals surface area contributed by atoms with Crippen molar-refractivity contribution < 1.29 is 14.7 Å². The Labute approximate surface area is 129 Å². The molecule has 1 unspecified atom stereocenters. The van der Waals surface area contributed by atoms with Crippen molar-refractivity contribution in [3.8, 4) is 0 Å². The minimum Gasteiger partial charge on any atom is -0.481 e. The van der Waals surface area contributed by atoms with E-state index in [0.29, 0.717) is 0 Å². The number of rotatable bonds is 16. The van der Waals surface area contributed by atoms with Crippen molar-refractivity contribution in [1.29, 1.82) is 0 Å². The SMILES string of the molecule is CCCCCCC(C=O)CNCCCCCCCC(=O)O. The Bertz CT molecular complexity index is 256. The highest BCUT2D eigenvalue weighted by Crippen LogP contribution is 2.09. The van der Waals surface area contributed by atoms with Gasteiger partial charge in [-0.25, -0.2) is 0 Å². The molecule has 2 N–H and O–H groups in total. The zero-order valence-corrected chi connectivity index (χ0v) is 13.6. The van der Waals surface area contributed by atoms with Crippen LogP contribution in [-0.2, 0) is 9.59 Å². The van der Waals surface area contributed by atoms with Crippen molar-refractivity contribution in [3.63, 3.8) is 0 Å². The number of carboxylic acids is 1. The van der Waals surface area contributed by atoms with Crippen molar-refractivity contribution in [3.05, 3.63) is 0 Å². The Morgan fingerprint density at radius 1 is 1.05 bits per heavy atom. The third kappa shape index (κ3) is 15.3. The molecule has 0 aromatic carbocycles. The first-order chi connectivity index (χ1) is 10.2. The minimum atomic E-state index is -0.699. The van der Waals surface area contributed by atoms with Gasteiger partial charge in [0.1, 0.15) is 6.29 Å². The third-order valence-corrected chi connectivity index (χ3v) is 3.77. The molecule has 0 bridgehead atoms. The quantitative estimate of drug-likeness (QED) is 0.336. The van der Waals surface area contributed by atoms with E-state index in [-0.39, 0.29) is 12.3 Å². The Morgan fingerprint density at radius 3 is 2.38 bits per heavy atom. The van der Waals surface area contributed by atoms with E-state index in [1.165, 1.54) is 19.3 Å². The molecule has 0 amide bonds. The van der Waals surface area contributed by atoms with Crippen LogP contribution in [0.4, 0.5) is 0 Å². The fourth-order valence-electron chi connectivity index (χ4n) is 2.40. The molecule has 4 heteroatoms. The van der Waals surface area contributed by atoms with Crippen molar-refractivity contribution in [1.82, 2.24) is 5.32 Å². The second-order valence-electron chi connectivity index (χ2n) is 5.86. The van der Waals surface area contributed by atoms with Gasteiger partial charge < -0.3 is 15.2 Å². The predicted octanol–water partition coefficient (Wildman–Crippen LogP) is 3.79. The summed E-state index contributed by atoms with van der Waals surface area (Å²) in [4.78, 5) is 21.3. The molecule has 0 saturated heterocycles. The lowest BCUT2D eigenvalue weighted by molar-refractivity contribution is -0.137. The normalized spacial score (nSPS) is 12.2. The zero-order chi connectivity index (χ0) is 15.8. The molecule has 4 nitrogen and oxygen atoms in total. The number of aliphatic carboxylic acids is 1. The number of hydrogen-bond acceptors (Lipinski definition) is 3. The van der Waals surface area contributed by atoms with Crippen LogP contribution in [0.1, 0.15) is 77.6 Å². The van der Waals surface area contributed by atoms with Crippen molar-refractivity contribution in [2.75, 3.05) is 13.1 Å². The maximum absolute atomic E-state index is 11.0. The van der Waals surface area contributed by atoms with E-state index in [1.54, 1.807) is 0 Å². The van der Waals surface area contributed by atoms with Gasteiger partial charge in [0.2, 0.25) is 0 Å².